The minimum absolute atomic E-state index is 0.000809. The molecule has 7 nitrogen and oxygen atoms in total. The monoisotopic (exact) mass is 428 g/mol. The van der Waals surface area contributed by atoms with Crippen molar-refractivity contribution in [1.29, 1.82) is 0 Å². The van der Waals surface area contributed by atoms with E-state index in [1.165, 1.54) is 17.7 Å². The van der Waals surface area contributed by atoms with E-state index in [9.17, 15) is 14.9 Å². The van der Waals surface area contributed by atoms with Gasteiger partial charge in [0.15, 0.2) is 5.70 Å². The molecular formula is C25H20N2O5. The van der Waals surface area contributed by atoms with Gasteiger partial charge in [0.2, 0.25) is 5.90 Å². The first-order valence-corrected chi connectivity index (χ1v) is 9.95. The van der Waals surface area contributed by atoms with Gasteiger partial charge in [-0.3, -0.25) is 10.1 Å². The zero-order valence-electron chi connectivity index (χ0n) is 17.6. The number of aryl methyl sites for hydroxylation is 2. The van der Waals surface area contributed by atoms with Crippen LogP contribution in [0, 0.1) is 24.0 Å². The lowest BCUT2D eigenvalue weighted by Crippen LogP contribution is -2.06. The highest BCUT2D eigenvalue weighted by Crippen LogP contribution is 2.24. The van der Waals surface area contributed by atoms with E-state index in [2.05, 4.69) is 4.99 Å². The van der Waals surface area contributed by atoms with Crippen LogP contribution in [-0.2, 0) is 16.1 Å². The topological polar surface area (TPSA) is 91.0 Å². The molecule has 1 heterocycles. The molecule has 0 fully saturated rings. The van der Waals surface area contributed by atoms with Crippen molar-refractivity contribution in [3.05, 3.63) is 110 Å². The van der Waals surface area contributed by atoms with E-state index >= 15 is 0 Å². The minimum Gasteiger partial charge on any atom is -0.489 e. The average Bonchev–Trinajstić information content (AvgIpc) is 3.14. The summed E-state index contributed by atoms with van der Waals surface area (Å²) in [6.07, 6.45) is 1.62. The van der Waals surface area contributed by atoms with Crippen molar-refractivity contribution >= 4 is 23.6 Å². The highest BCUT2D eigenvalue weighted by Gasteiger charge is 2.25. The summed E-state index contributed by atoms with van der Waals surface area (Å²) in [6, 6.07) is 19.9. The quantitative estimate of drug-likeness (QED) is 0.235. The van der Waals surface area contributed by atoms with Crippen molar-refractivity contribution in [1.82, 2.24) is 0 Å². The van der Waals surface area contributed by atoms with Crippen molar-refractivity contribution < 1.29 is 19.2 Å². The van der Waals surface area contributed by atoms with Crippen LogP contribution < -0.4 is 4.74 Å². The Bertz CT molecular complexity index is 1240. The summed E-state index contributed by atoms with van der Waals surface area (Å²) in [5.74, 6) is 0.264. The van der Waals surface area contributed by atoms with Gasteiger partial charge in [-0.15, -0.1) is 0 Å². The van der Waals surface area contributed by atoms with Gasteiger partial charge in [0, 0.05) is 17.2 Å². The van der Waals surface area contributed by atoms with E-state index in [1.807, 2.05) is 55.5 Å². The number of nitro groups is 1. The normalized spacial score (nSPS) is 14.2. The molecule has 4 rings (SSSR count). The van der Waals surface area contributed by atoms with Gasteiger partial charge in [0.05, 0.1) is 4.92 Å². The number of hydrogen-bond acceptors (Lipinski definition) is 6. The molecule has 0 unspecified atom stereocenters. The number of benzene rings is 3. The van der Waals surface area contributed by atoms with Crippen molar-refractivity contribution in [2.24, 2.45) is 4.99 Å². The molecule has 0 atom stereocenters. The fourth-order valence-electron chi connectivity index (χ4n) is 3.20. The van der Waals surface area contributed by atoms with E-state index < -0.39 is 10.9 Å². The Morgan fingerprint density at radius 2 is 1.75 bits per heavy atom. The molecule has 0 bridgehead atoms. The third kappa shape index (κ3) is 4.73. The first-order valence-electron chi connectivity index (χ1n) is 9.95. The zero-order valence-corrected chi connectivity index (χ0v) is 17.6. The summed E-state index contributed by atoms with van der Waals surface area (Å²) < 4.78 is 11.1. The Hall–Kier alpha value is -4.26. The lowest BCUT2D eigenvalue weighted by molar-refractivity contribution is -0.385. The van der Waals surface area contributed by atoms with E-state index in [1.54, 1.807) is 19.1 Å². The van der Waals surface area contributed by atoms with Crippen LogP contribution in [0.3, 0.4) is 0 Å². The van der Waals surface area contributed by atoms with E-state index in [0.717, 1.165) is 11.1 Å². The maximum atomic E-state index is 12.2. The molecule has 32 heavy (non-hydrogen) atoms. The Kier molecular flexibility index (Phi) is 5.81. The lowest BCUT2D eigenvalue weighted by Gasteiger charge is -2.07. The van der Waals surface area contributed by atoms with Crippen molar-refractivity contribution in [2.75, 3.05) is 0 Å². The van der Waals surface area contributed by atoms with Crippen LogP contribution in [0.4, 0.5) is 5.69 Å². The maximum absolute atomic E-state index is 12.2. The third-order valence-electron chi connectivity index (χ3n) is 4.97. The third-order valence-corrected chi connectivity index (χ3v) is 4.97. The number of nitrogens with zero attached hydrogens (tertiary/aromatic N) is 2. The molecular weight excluding hydrogens is 408 g/mol. The second-order valence-electron chi connectivity index (χ2n) is 7.44. The van der Waals surface area contributed by atoms with Crippen LogP contribution in [0.15, 0.2) is 77.4 Å². The summed E-state index contributed by atoms with van der Waals surface area (Å²) >= 11 is 0. The van der Waals surface area contributed by atoms with Crippen LogP contribution in [0.25, 0.3) is 6.08 Å². The number of rotatable bonds is 6. The number of ether oxygens (including phenoxy) is 2. The minimum atomic E-state index is -0.573. The number of esters is 1. The van der Waals surface area contributed by atoms with E-state index in [-0.39, 0.29) is 17.3 Å². The molecule has 0 saturated carbocycles. The Balaban J connectivity index is 1.46. The maximum Gasteiger partial charge on any atom is 0.363 e. The molecule has 0 aromatic heterocycles. The number of carbonyl (C=O) groups excluding carboxylic acids is 1. The van der Waals surface area contributed by atoms with Crippen LogP contribution in [0.1, 0.15) is 27.8 Å². The average molecular weight is 428 g/mol. The fraction of sp³-hybridized carbons (Fsp3) is 0.120. The van der Waals surface area contributed by atoms with Gasteiger partial charge in [-0.2, -0.15) is 0 Å². The summed E-state index contributed by atoms with van der Waals surface area (Å²) in [6.45, 7) is 4.13. The van der Waals surface area contributed by atoms with Gasteiger partial charge in [0.25, 0.3) is 5.69 Å². The van der Waals surface area contributed by atoms with Gasteiger partial charge in [0.1, 0.15) is 12.4 Å². The second-order valence-corrected chi connectivity index (χ2v) is 7.44. The SMILES string of the molecule is Cc1ccc(COc2ccc(/C=C3\N=C(c4ccc([N+](=O)[O-])c(C)c4)OC3=O)cc2)cc1. The molecule has 1 aliphatic heterocycles. The predicted molar refractivity (Wildman–Crippen MR) is 120 cm³/mol. The van der Waals surface area contributed by atoms with Crippen LogP contribution in [0.2, 0.25) is 0 Å². The predicted octanol–water partition coefficient (Wildman–Crippen LogP) is 5.14. The summed E-state index contributed by atoms with van der Waals surface area (Å²) in [5, 5.41) is 11.0. The van der Waals surface area contributed by atoms with Crippen molar-refractivity contribution in [3.8, 4) is 5.75 Å². The summed E-state index contributed by atoms with van der Waals surface area (Å²) in [4.78, 5) is 27.0. The fourth-order valence-corrected chi connectivity index (χ4v) is 3.20. The summed E-state index contributed by atoms with van der Waals surface area (Å²) in [7, 11) is 0. The Labute approximate surface area is 184 Å². The number of cyclic esters (lactones) is 1. The van der Waals surface area contributed by atoms with E-state index in [4.69, 9.17) is 9.47 Å². The van der Waals surface area contributed by atoms with Crippen LogP contribution in [-0.4, -0.2) is 16.8 Å². The second kappa shape index (κ2) is 8.85. The lowest BCUT2D eigenvalue weighted by atomic mass is 10.1. The summed E-state index contributed by atoms with van der Waals surface area (Å²) in [5.41, 5.74) is 4.17. The first kappa shape index (κ1) is 21.0. The molecule has 0 N–H and O–H groups in total. The van der Waals surface area contributed by atoms with Gasteiger partial charge in [-0.1, -0.05) is 42.0 Å². The molecule has 0 radical (unpaired) electrons. The van der Waals surface area contributed by atoms with Gasteiger partial charge in [-0.25, -0.2) is 9.79 Å². The molecule has 1 aliphatic rings. The number of nitro benzene ring substituents is 1. The Morgan fingerprint density at radius 1 is 1.03 bits per heavy atom. The zero-order chi connectivity index (χ0) is 22.7. The van der Waals surface area contributed by atoms with Crippen molar-refractivity contribution in [3.63, 3.8) is 0 Å². The van der Waals surface area contributed by atoms with E-state index in [0.29, 0.717) is 23.5 Å². The van der Waals surface area contributed by atoms with Crippen LogP contribution in [0.5, 0.6) is 5.75 Å². The number of carbonyl (C=O) groups is 1. The molecule has 0 spiro atoms. The Morgan fingerprint density at radius 3 is 2.41 bits per heavy atom. The smallest absolute Gasteiger partial charge is 0.363 e. The van der Waals surface area contributed by atoms with Gasteiger partial charge < -0.3 is 9.47 Å². The molecule has 160 valence electrons. The standard InChI is InChI=1S/C25H20N2O5/c1-16-3-5-19(6-4-16)15-31-21-10-7-18(8-11-21)14-22-25(28)32-24(26-22)20-9-12-23(27(29)30)17(2)13-20/h3-14H,15H2,1-2H3/b22-14-. The van der Waals surface area contributed by atoms with Gasteiger partial charge >= 0.3 is 5.97 Å². The number of aliphatic imine (C=N–C) groups is 1. The largest absolute Gasteiger partial charge is 0.489 e. The molecule has 3 aromatic rings. The van der Waals surface area contributed by atoms with Crippen LogP contribution >= 0.6 is 0 Å². The first-order chi connectivity index (χ1) is 15.4. The van der Waals surface area contributed by atoms with Crippen molar-refractivity contribution in [2.45, 2.75) is 20.5 Å². The highest BCUT2D eigenvalue weighted by molar-refractivity contribution is 6.13. The molecule has 0 aliphatic carbocycles. The van der Waals surface area contributed by atoms with Gasteiger partial charge in [-0.05, 0) is 55.3 Å². The molecule has 3 aromatic carbocycles. The number of hydrogen-bond donors (Lipinski definition) is 0. The molecule has 7 heteroatoms. The highest BCUT2D eigenvalue weighted by atomic mass is 16.6. The molecule has 0 amide bonds. The molecule has 0 saturated heterocycles.